The molecule has 0 spiro atoms. The van der Waals surface area contributed by atoms with Gasteiger partial charge in [-0.15, -0.1) is 0 Å². The molecule has 0 saturated carbocycles. The second-order valence-corrected chi connectivity index (χ2v) is 4.18. The first-order valence-electron chi connectivity index (χ1n) is 4.91. The number of hydrogen-bond donors (Lipinski definition) is 2. The van der Waals surface area contributed by atoms with Gasteiger partial charge in [-0.05, 0) is 12.1 Å². The van der Waals surface area contributed by atoms with E-state index in [1.54, 1.807) is 24.3 Å². The van der Waals surface area contributed by atoms with Crippen molar-refractivity contribution in [1.29, 1.82) is 0 Å². The number of carbonyl (C=O) groups excluding carboxylic acids is 1. The first-order valence-corrected chi connectivity index (χ1v) is 5.67. The highest BCUT2D eigenvalue weighted by Gasteiger charge is 2.06. The fourth-order valence-electron chi connectivity index (χ4n) is 1.40. The standard InChI is InChI=1S/C11H8Cl2N4O/c12-8-5-9(13)17-10(16-8)6-2-1-3-7(4-6)15-11(14)18/h1-5H,(H3,14,15,18). The van der Waals surface area contributed by atoms with Gasteiger partial charge >= 0.3 is 6.03 Å². The summed E-state index contributed by atoms with van der Waals surface area (Å²) in [4.78, 5) is 18.9. The number of nitrogens with zero attached hydrogens (tertiary/aromatic N) is 2. The van der Waals surface area contributed by atoms with E-state index in [-0.39, 0.29) is 10.3 Å². The molecule has 18 heavy (non-hydrogen) atoms. The van der Waals surface area contributed by atoms with Crippen LogP contribution in [0.2, 0.25) is 10.3 Å². The lowest BCUT2D eigenvalue weighted by Crippen LogP contribution is -2.19. The maximum atomic E-state index is 10.8. The lowest BCUT2D eigenvalue weighted by Gasteiger charge is -2.05. The third kappa shape index (κ3) is 3.09. The number of aromatic nitrogens is 2. The van der Waals surface area contributed by atoms with Crippen LogP contribution in [0.25, 0.3) is 11.4 Å². The molecule has 0 aliphatic carbocycles. The molecule has 3 N–H and O–H groups in total. The highest BCUT2D eigenvalue weighted by molar-refractivity contribution is 6.33. The molecular formula is C11H8Cl2N4O. The second kappa shape index (κ2) is 5.20. The van der Waals surface area contributed by atoms with Gasteiger partial charge in [0.05, 0.1) is 0 Å². The number of anilines is 1. The molecule has 0 unspecified atom stereocenters. The van der Waals surface area contributed by atoms with Gasteiger partial charge in [-0.1, -0.05) is 35.3 Å². The zero-order chi connectivity index (χ0) is 13.1. The van der Waals surface area contributed by atoms with Crippen LogP contribution in [0.15, 0.2) is 30.3 Å². The van der Waals surface area contributed by atoms with Gasteiger partial charge in [0.15, 0.2) is 5.82 Å². The van der Waals surface area contributed by atoms with Gasteiger partial charge in [-0.25, -0.2) is 14.8 Å². The second-order valence-electron chi connectivity index (χ2n) is 3.41. The van der Waals surface area contributed by atoms with Crippen LogP contribution in [0, 0.1) is 0 Å². The van der Waals surface area contributed by atoms with Gasteiger partial charge in [-0.2, -0.15) is 0 Å². The summed E-state index contributed by atoms with van der Waals surface area (Å²) in [6.07, 6.45) is 0. The fraction of sp³-hybridized carbons (Fsp3) is 0. The van der Waals surface area contributed by atoms with Gasteiger partial charge in [0.2, 0.25) is 0 Å². The summed E-state index contributed by atoms with van der Waals surface area (Å²) in [5, 5.41) is 2.96. The number of carbonyl (C=O) groups is 1. The maximum absolute atomic E-state index is 10.8. The summed E-state index contributed by atoms with van der Waals surface area (Å²) in [6.45, 7) is 0. The molecule has 0 bridgehead atoms. The van der Waals surface area contributed by atoms with Crippen LogP contribution in [0.3, 0.4) is 0 Å². The van der Waals surface area contributed by atoms with Gasteiger partial charge < -0.3 is 11.1 Å². The molecule has 0 radical (unpaired) electrons. The Bertz CT molecular complexity index is 583. The number of primary amides is 1. The minimum absolute atomic E-state index is 0.248. The van der Waals surface area contributed by atoms with Crippen molar-refractivity contribution in [2.24, 2.45) is 5.73 Å². The predicted octanol–water partition coefficient (Wildman–Crippen LogP) is 2.94. The predicted molar refractivity (Wildman–Crippen MR) is 70.7 cm³/mol. The Morgan fingerprint density at radius 1 is 1.17 bits per heavy atom. The lowest BCUT2D eigenvalue weighted by molar-refractivity contribution is 0.259. The molecule has 2 aromatic rings. The zero-order valence-electron chi connectivity index (χ0n) is 9.02. The summed E-state index contributed by atoms with van der Waals surface area (Å²) in [7, 11) is 0. The summed E-state index contributed by atoms with van der Waals surface area (Å²) in [5.74, 6) is 0.376. The Hall–Kier alpha value is -1.85. The van der Waals surface area contributed by atoms with Crippen molar-refractivity contribution < 1.29 is 4.79 Å². The van der Waals surface area contributed by atoms with Gasteiger partial charge in [0, 0.05) is 17.3 Å². The summed E-state index contributed by atoms with van der Waals surface area (Å²) in [5.41, 5.74) is 6.25. The van der Waals surface area contributed by atoms with E-state index >= 15 is 0 Å². The van der Waals surface area contributed by atoms with E-state index in [0.717, 1.165) is 0 Å². The van der Waals surface area contributed by atoms with Crippen molar-refractivity contribution in [1.82, 2.24) is 9.97 Å². The van der Waals surface area contributed by atoms with Crippen molar-refractivity contribution in [3.05, 3.63) is 40.6 Å². The van der Waals surface area contributed by atoms with E-state index in [0.29, 0.717) is 17.1 Å². The van der Waals surface area contributed by atoms with Crippen molar-refractivity contribution in [2.45, 2.75) is 0 Å². The van der Waals surface area contributed by atoms with Crippen molar-refractivity contribution >= 4 is 34.9 Å². The van der Waals surface area contributed by atoms with Crippen LogP contribution >= 0.6 is 23.2 Å². The topological polar surface area (TPSA) is 80.9 Å². The normalized spacial score (nSPS) is 10.1. The molecule has 2 rings (SSSR count). The molecule has 1 heterocycles. The number of hydrogen-bond acceptors (Lipinski definition) is 3. The molecule has 0 aliphatic rings. The molecule has 2 amide bonds. The number of nitrogens with one attached hydrogen (secondary N) is 1. The average Bonchev–Trinajstić information content (AvgIpc) is 2.27. The largest absolute Gasteiger partial charge is 0.351 e. The molecule has 92 valence electrons. The number of halogens is 2. The number of rotatable bonds is 2. The Balaban J connectivity index is 2.41. The fourth-order valence-corrected chi connectivity index (χ4v) is 1.82. The molecule has 5 nitrogen and oxygen atoms in total. The maximum Gasteiger partial charge on any atom is 0.316 e. The summed E-state index contributed by atoms with van der Waals surface area (Å²) in [6, 6.07) is 7.68. The Morgan fingerprint density at radius 2 is 1.83 bits per heavy atom. The minimum Gasteiger partial charge on any atom is -0.351 e. The van der Waals surface area contributed by atoms with Gasteiger partial charge in [0.25, 0.3) is 0 Å². The highest BCUT2D eigenvalue weighted by atomic mass is 35.5. The van der Waals surface area contributed by atoms with Crippen LogP contribution in [0.4, 0.5) is 10.5 Å². The van der Waals surface area contributed by atoms with Crippen LogP contribution in [0.5, 0.6) is 0 Å². The Morgan fingerprint density at radius 3 is 2.44 bits per heavy atom. The van der Waals surface area contributed by atoms with E-state index < -0.39 is 6.03 Å². The van der Waals surface area contributed by atoms with Crippen LogP contribution in [-0.4, -0.2) is 16.0 Å². The summed E-state index contributed by atoms with van der Waals surface area (Å²) >= 11 is 11.6. The zero-order valence-corrected chi connectivity index (χ0v) is 10.5. The molecule has 7 heteroatoms. The first-order chi connectivity index (χ1) is 8.54. The van der Waals surface area contributed by atoms with E-state index in [1.165, 1.54) is 6.07 Å². The highest BCUT2D eigenvalue weighted by Crippen LogP contribution is 2.22. The number of urea groups is 1. The Labute approximate surface area is 113 Å². The lowest BCUT2D eigenvalue weighted by atomic mass is 10.2. The Kier molecular flexibility index (Phi) is 3.64. The van der Waals surface area contributed by atoms with Crippen LogP contribution in [-0.2, 0) is 0 Å². The van der Waals surface area contributed by atoms with Gasteiger partial charge in [-0.3, -0.25) is 0 Å². The monoisotopic (exact) mass is 282 g/mol. The first kappa shape index (κ1) is 12.6. The third-order valence-electron chi connectivity index (χ3n) is 2.05. The van der Waals surface area contributed by atoms with Crippen molar-refractivity contribution in [3.8, 4) is 11.4 Å². The number of nitrogens with two attached hydrogens (primary N) is 1. The SMILES string of the molecule is NC(=O)Nc1cccc(-c2nc(Cl)cc(Cl)n2)c1. The molecule has 0 aliphatic heterocycles. The van der Waals surface area contributed by atoms with E-state index in [4.69, 9.17) is 28.9 Å². The smallest absolute Gasteiger partial charge is 0.316 e. The molecule has 0 fully saturated rings. The number of benzene rings is 1. The van der Waals surface area contributed by atoms with E-state index in [9.17, 15) is 4.79 Å². The van der Waals surface area contributed by atoms with Crippen molar-refractivity contribution in [2.75, 3.05) is 5.32 Å². The molecule has 1 aromatic heterocycles. The summed E-state index contributed by atoms with van der Waals surface area (Å²) < 4.78 is 0. The third-order valence-corrected chi connectivity index (χ3v) is 2.44. The molecule has 0 atom stereocenters. The van der Waals surface area contributed by atoms with Crippen LogP contribution in [0.1, 0.15) is 0 Å². The van der Waals surface area contributed by atoms with E-state index in [1.807, 2.05) is 0 Å². The van der Waals surface area contributed by atoms with Crippen molar-refractivity contribution in [3.63, 3.8) is 0 Å². The van der Waals surface area contributed by atoms with Gasteiger partial charge in [0.1, 0.15) is 10.3 Å². The van der Waals surface area contributed by atoms with Crippen LogP contribution < -0.4 is 11.1 Å². The molecule has 1 aromatic carbocycles. The van der Waals surface area contributed by atoms with E-state index in [2.05, 4.69) is 15.3 Å². The quantitative estimate of drug-likeness (QED) is 0.831. The minimum atomic E-state index is -0.641. The molecule has 0 saturated heterocycles. The number of amides is 2. The molecular weight excluding hydrogens is 275 g/mol. The average molecular weight is 283 g/mol.